The zero-order valence-electron chi connectivity index (χ0n) is 7.08. The molecule has 0 aliphatic heterocycles. The van der Waals surface area contributed by atoms with Gasteiger partial charge in [0.15, 0.2) is 0 Å². The molecule has 1 unspecified atom stereocenters. The van der Waals surface area contributed by atoms with Crippen LogP contribution in [0.2, 0.25) is 0 Å². The Morgan fingerprint density at radius 2 is 2.14 bits per heavy atom. The molecule has 3 nitrogen and oxygen atoms in total. The Morgan fingerprint density at radius 1 is 1.50 bits per heavy atom. The molecule has 1 rings (SSSR count). The molecule has 0 aliphatic rings. The Bertz CT molecular complexity index is 352. The van der Waals surface area contributed by atoms with E-state index >= 15 is 0 Å². The number of hydrogen-bond acceptors (Lipinski definition) is 2. The molecule has 1 aromatic rings. The molecule has 0 fully saturated rings. The van der Waals surface area contributed by atoms with Crippen LogP contribution in [0.1, 0.15) is 11.5 Å². The molecule has 0 spiro atoms. The maximum atomic E-state index is 10.9. The number of rotatable bonds is 3. The standard InChI is InChI=1S/C9H8I2O3/c10-4-6(9(13)14)5-1-2-8(12)7(11)3-5/h1-3,6,12H,4H2,(H,13,14). The molecule has 0 radical (unpaired) electrons. The van der Waals surface area contributed by atoms with Gasteiger partial charge in [-0.25, -0.2) is 0 Å². The second-order valence-electron chi connectivity index (χ2n) is 2.76. The van der Waals surface area contributed by atoms with Gasteiger partial charge < -0.3 is 10.2 Å². The summed E-state index contributed by atoms with van der Waals surface area (Å²) in [6, 6.07) is 4.88. The summed E-state index contributed by atoms with van der Waals surface area (Å²) in [4.78, 5) is 10.9. The van der Waals surface area contributed by atoms with Gasteiger partial charge in [0, 0.05) is 4.43 Å². The van der Waals surface area contributed by atoms with Crippen LogP contribution in [0.5, 0.6) is 5.75 Å². The van der Waals surface area contributed by atoms with Crippen LogP contribution in [-0.4, -0.2) is 20.6 Å². The van der Waals surface area contributed by atoms with Gasteiger partial charge in [-0.05, 0) is 40.3 Å². The van der Waals surface area contributed by atoms with Gasteiger partial charge in [0.2, 0.25) is 0 Å². The Hall–Kier alpha value is -0.0500. The van der Waals surface area contributed by atoms with E-state index in [1.807, 2.05) is 45.2 Å². The summed E-state index contributed by atoms with van der Waals surface area (Å²) in [5.41, 5.74) is 0.731. The summed E-state index contributed by atoms with van der Waals surface area (Å²) < 4.78 is 1.20. The van der Waals surface area contributed by atoms with E-state index in [9.17, 15) is 9.90 Å². The number of halogens is 2. The number of benzene rings is 1. The van der Waals surface area contributed by atoms with Gasteiger partial charge in [-0.1, -0.05) is 28.7 Å². The van der Waals surface area contributed by atoms with Crippen LogP contribution in [0, 0.1) is 3.57 Å². The Balaban J connectivity index is 3.06. The minimum Gasteiger partial charge on any atom is -0.507 e. The maximum Gasteiger partial charge on any atom is 0.311 e. The third kappa shape index (κ3) is 2.72. The lowest BCUT2D eigenvalue weighted by Gasteiger charge is -2.09. The number of phenols is 1. The molecule has 14 heavy (non-hydrogen) atoms. The predicted molar refractivity (Wildman–Crippen MR) is 70.1 cm³/mol. The van der Waals surface area contributed by atoms with Crippen LogP contribution < -0.4 is 0 Å². The second kappa shape index (κ2) is 5.15. The number of carboxylic acid groups (broad SMARTS) is 1. The van der Waals surface area contributed by atoms with Crippen molar-refractivity contribution >= 4 is 51.2 Å². The molecule has 5 heteroatoms. The van der Waals surface area contributed by atoms with Gasteiger partial charge in [-0.3, -0.25) is 4.79 Å². The van der Waals surface area contributed by atoms with Gasteiger partial charge in [0.05, 0.1) is 9.49 Å². The van der Waals surface area contributed by atoms with Crippen molar-refractivity contribution in [1.82, 2.24) is 0 Å². The molecule has 76 valence electrons. The van der Waals surface area contributed by atoms with Crippen LogP contribution in [0.25, 0.3) is 0 Å². The summed E-state index contributed by atoms with van der Waals surface area (Å²) in [6.45, 7) is 0. The normalized spacial score (nSPS) is 12.4. The zero-order valence-corrected chi connectivity index (χ0v) is 11.4. The van der Waals surface area contributed by atoms with Crippen LogP contribution >= 0.6 is 45.2 Å². The summed E-state index contributed by atoms with van der Waals surface area (Å²) >= 11 is 4.02. The highest BCUT2D eigenvalue weighted by molar-refractivity contribution is 14.1. The van der Waals surface area contributed by atoms with Crippen molar-refractivity contribution in [2.45, 2.75) is 5.92 Å². The highest BCUT2D eigenvalue weighted by Gasteiger charge is 2.18. The van der Waals surface area contributed by atoms with E-state index in [2.05, 4.69) is 0 Å². The summed E-state index contributed by atoms with van der Waals surface area (Å²) in [5, 5.41) is 18.2. The smallest absolute Gasteiger partial charge is 0.311 e. The average Bonchev–Trinajstić information content (AvgIpc) is 2.11. The molecule has 0 aromatic heterocycles. The summed E-state index contributed by atoms with van der Waals surface area (Å²) in [5.74, 6) is -1.14. The first-order valence-corrected chi connectivity index (χ1v) is 6.44. The van der Waals surface area contributed by atoms with Crippen LogP contribution in [0.4, 0.5) is 0 Å². The van der Waals surface area contributed by atoms with Gasteiger partial charge >= 0.3 is 5.97 Å². The highest BCUT2D eigenvalue weighted by Crippen LogP contribution is 2.26. The van der Waals surface area contributed by atoms with Crippen molar-refractivity contribution in [2.24, 2.45) is 0 Å². The molecule has 1 aromatic carbocycles. The van der Waals surface area contributed by atoms with Crippen LogP contribution in [-0.2, 0) is 4.79 Å². The number of carbonyl (C=O) groups is 1. The fourth-order valence-electron chi connectivity index (χ4n) is 1.04. The predicted octanol–water partition coefficient (Wildman–Crippen LogP) is 2.60. The molecule has 0 saturated heterocycles. The molecule has 0 aliphatic carbocycles. The lowest BCUT2D eigenvalue weighted by Crippen LogP contribution is -2.12. The van der Waals surface area contributed by atoms with E-state index < -0.39 is 11.9 Å². The third-order valence-corrected chi connectivity index (χ3v) is 3.57. The summed E-state index contributed by atoms with van der Waals surface area (Å²) in [7, 11) is 0. The Kier molecular flexibility index (Phi) is 4.42. The van der Waals surface area contributed by atoms with Crippen molar-refractivity contribution in [3.63, 3.8) is 0 Å². The molecule has 2 N–H and O–H groups in total. The molecule has 0 bridgehead atoms. The van der Waals surface area contributed by atoms with Crippen molar-refractivity contribution in [2.75, 3.05) is 4.43 Å². The maximum absolute atomic E-state index is 10.9. The molecule has 0 amide bonds. The van der Waals surface area contributed by atoms with Crippen molar-refractivity contribution < 1.29 is 15.0 Å². The lowest BCUT2D eigenvalue weighted by molar-refractivity contribution is -0.138. The Morgan fingerprint density at radius 3 is 2.57 bits per heavy atom. The third-order valence-electron chi connectivity index (χ3n) is 1.83. The van der Waals surface area contributed by atoms with E-state index in [4.69, 9.17) is 5.11 Å². The topological polar surface area (TPSA) is 57.5 Å². The van der Waals surface area contributed by atoms with Gasteiger partial charge in [-0.15, -0.1) is 0 Å². The fourth-order valence-corrected chi connectivity index (χ4v) is 2.46. The zero-order chi connectivity index (χ0) is 10.7. The van der Waals surface area contributed by atoms with Crippen LogP contribution in [0.3, 0.4) is 0 Å². The van der Waals surface area contributed by atoms with E-state index in [-0.39, 0.29) is 5.75 Å². The van der Waals surface area contributed by atoms with Gasteiger partial charge in [0.1, 0.15) is 5.75 Å². The highest BCUT2D eigenvalue weighted by atomic mass is 127. The molecule has 0 heterocycles. The van der Waals surface area contributed by atoms with E-state index in [0.29, 0.717) is 8.00 Å². The van der Waals surface area contributed by atoms with Crippen LogP contribution in [0.15, 0.2) is 18.2 Å². The molecular formula is C9H8I2O3. The first-order valence-electron chi connectivity index (χ1n) is 3.83. The van der Waals surface area contributed by atoms with E-state index in [1.165, 1.54) is 6.07 Å². The lowest BCUT2D eigenvalue weighted by atomic mass is 10.0. The second-order valence-corrected chi connectivity index (χ2v) is 4.80. The quantitative estimate of drug-likeness (QED) is 0.587. The van der Waals surface area contributed by atoms with Crippen molar-refractivity contribution in [3.8, 4) is 5.75 Å². The first kappa shape index (κ1) is 12.0. The number of aromatic hydroxyl groups is 1. The molecule has 0 saturated carbocycles. The minimum absolute atomic E-state index is 0.187. The number of alkyl halides is 1. The largest absolute Gasteiger partial charge is 0.507 e. The first-order chi connectivity index (χ1) is 6.56. The van der Waals surface area contributed by atoms with E-state index in [1.54, 1.807) is 12.1 Å². The van der Waals surface area contributed by atoms with Gasteiger partial charge in [-0.2, -0.15) is 0 Å². The molecule has 1 atom stereocenters. The minimum atomic E-state index is -0.833. The van der Waals surface area contributed by atoms with Gasteiger partial charge in [0.25, 0.3) is 0 Å². The Labute approximate surface area is 109 Å². The summed E-state index contributed by atoms with van der Waals surface area (Å²) in [6.07, 6.45) is 0. The molecular weight excluding hydrogens is 410 g/mol. The number of carboxylic acids is 1. The number of hydrogen-bond donors (Lipinski definition) is 2. The monoisotopic (exact) mass is 418 g/mol. The van der Waals surface area contributed by atoms with E-state index in [0.717, 1.165) is 5.56 Å². The average molecular weight is 418 g/mol. The number of aliphatic carboxylic acids is 1. The number of phenolic OH excluding ortho intramolecular Hbond substituents is 1. The fraction of sp³-hybridized carbons (Fsp3) is 0.222. The van der Waals surface area contributed by atoms with Crippen molar-refractivity contribution in [3.05, 3.63) is 27.3 Å². The van der Waals surface area contributed by atoms with Crippen molar-refractivity contribution in [1.29, 1.82) is 0 Å². The SMILES string of the molecule is O=C(O)C(CI)c1ccc(O)c(I)c1.